The van der Waals surface area contributed by atoms with Crippen molar-refractivity contribution in [2.45, 2.75) is 13.8 Å². The van der Waals surface area contributed by atoms with Gasteiger partial charge in [0.25, 0.3) is 10.1 Å². The van der Waals surface area contributed by atoms with Crippen molar-refractivity contribution in [1.82, 2.24) is 0 Å². The summed E-state index contributed by atoms with van der Waals surface area (Å²) >= 11 is 0. The van der Waals surface area contributed by atoms with Gasteiger partial charge in [0, 0.05) is 0 Å². The average Bonchev–Trinajstić information content (AvgIpc) is 2.17. The summed E-state index contributed by atoms with van der Waals surface area (Å²) in [6, 6.07) is 9.29. The maximum Gasteiger partial charge on any atom is 0.294 e. The molecule has 0 saturated heterocycles. The Balaban J connectivity index is 3.05. The molecule has 1 aromatic rings. The van der Waals surface area contributed by atoms with Crippen LogP contribution in [0.1, 0.15) is 19.4 Å². The molecular formula is C12H14O3S. The Hall–Kier alpha value is -1.39. The van der Waals surface area contributed by atoms with Crippen LogP contribution in [0.15, 0.2) is 46.9 Å². The number of hydrogen-bond acceptors (Lipinski definition) is 2. The van der Waals surface area contributed by atoms with E-state index in [4.69, 9.17) is 4.55 Å². The Morgan fingerprint density at radius 1 is 1.19 bits per heavy atom. The quantitative estimate of drug-likeness (QED) is 0.650. The van der Waals surface area contributed by atoms with Crippen LogP contribution in [0.2, 0.25) is 0 Å². The molecule has 0 bridgehead atoms. The van der Waals surface area contributed by atoms with Crippen LogP contribution >= 0.6 is 0 Å². The third kappa shape index (κ3) is 3.64. The van der Waals surface area contributed by atoms with Crippen molar-refractivity contribution >= 4 is 16.2 Å². The predicted molar refractivity (Wildman–Crippen MR) is 65.4 cm³/mol. The summed E-state index contributed by atoms with van der Waals surface area (Å²) in [5, 5.41) is 0. The van der Waals surface area contributed by atoms with Gasteiger partial charge >= 0.3 is 0 Å². The van der Waals surface area contributed by atoms with Gasteiger partial charge in [-0.3, -0.25) is 4.55 Å². The van der Waals surface area contributed by atoms with Gasteiger partial charge < -0.3 is 0 Å². The summed E-state index contributed by atoms with van der Waals surface area (Å²) in [6.07, 6.45) is 3.05. The van der Waals surface area contributed by atoms with Gasteiger partial charge in [-0.2, -0.15) is 8.42 Å². The molecule has 1 N–H and O–H groups in total. The second-order valence-electron chi connectivity index (χ2n) is 3.58. The Labute approximate surface area is 95.9 Å². The molecule has 16 heavy (non-hydrogen) atoms. The number of allylic oxidation sites excluding steroid dienone is 2. The van der Waals surface area contributed by atoms with E-state index in [9.17, 15) is 8.42 Å². The van der Waals surface area contributed by atoms with E-state index in [0.717, 1.165) is 5.56 Å². The van der Waals surface area contributed by atoms with Crippen molar-refractivity contribution in [2.24, 2.45) is 0 Å². The molecular weight excluding hydrogens is 224 g/mol. The molecule has 1 aromatic carbocycles. The molecule has 1 rings (SSSR count). The van der Waals surface area contributed by atoms with E-state index in [1.165, 1.54) is 6.08 Å². The highest BCUT2D eigenvalue weighted by Crippen LogP contribution is 2.14. The van der Waals surface area contributed by atoms with Gasteiger partial charge in [0.05, 0.1) is 4.91 Å². The van der Waals surface area contributed by atoms with Crippen LogP contribution in [0.3, 0.4) is 0 Å². The molecule has 0 unspecified atom stereocenters. The van der Waals surface area contributed by atoms with Gasteiger partial charge in [-0.25, -0.2) is 0 Å². The maximum atomic E-state index is 11.0. The van der Waals surface area contributed by atoms with Crippen LogP contribution in [-0.4, -0.2) is 13.0 Å². The minimum absolute atomic E-state index is 0.0589. The third-order valence-corrected chi connectivity index (χ3v) is 3.10. The Morgan fingerprint density at radius 2 is 1.75 bits per heavy atom. The highest BCUT2D eigenvalue weighted by atomic mass is 32.2. The second-order valence-corrected chi connectivity index (χ2v) is 4.97. The fourth-order valence-electron chi connectivity index (χ4n) is 1.25. The Kier molecular flexibility index (Phi) is 4.04. The lowest BCUT2D eigenvalue weighted by molar-refractivity contribution is 0.492. The summed E-state index contributed by atoms with van der Waals surface area (Å²) in [7, 11) is -4.14. The summed E-state index contributed by atoms with van der Waals surface area (Å²) in [4.78, 5) is -0.0589. The van der Waals surface area contributed by atoms with E-state index in [0.29, 0.717) is 5.57 Å². The summed E-state index contributed by atoms with van der Waals surface area (Å²) < 4.78 is 31.1. The van der Waals surface area contributed by atoms with Crippen molar-refractivity contribution in [3.05, 3.63) is 52.4 Å². The number of rotatable bonds is 3. The van der Waals surface area contributed by atoms with Crippen LogP contribution in [0, 0.1) is 0 Å². The highest BCUT2D eigenvalue weighted by Gasteiger charge is 2.11. The van der Waals surface area contributed by atoms with Gasteiger partial charge in [0.1, 0.15) is 0 Å². The molecule has 0 fully saturated rings. The standard InChI is InChI=1S/C12H14O3S/c1-10(2)12(16(13,14)15)9-8-11-6-4-3-5-7-11/h3-9H,1-2H3,(H,13,14,15). The van der Waals surface area contributed by atoms with Gasteiger partial charge in [-0.15, -0.1) is 0 Å². The van der Waals surface area contributed by atoms with E-state index in [2.05, 4.69) is 0 Å². The van der Waals surface area contributed by atoms with Crippen LogP contribution in [0.5, 0.6) is 0 Å². The normalized spacial score (nSPS) is 11.7. The lowest BCUT2D eigenvalue weighted by Gasteiger charge is -2.00. The lowest BCUT2D eigenvalue weighted by atomic mass is 10.2. The van der Waals surface area contributed by atoms with Crippen LogP contribution in [-0.2, 0) is 10.1 Å². The van der Waals surface area contributed by atoms with E-state index in [-0.39, 0.29) is 4.91 Å². The molecule has 0 spiro atoms. The van der Waals surface area contributed by atoms with E-state index < -0.39 is 10.1 Å². The fourth-order valence-corrected chi connectivity index (χ4v) is 2.00. The van der Waals surface area contributed by atoms with Crippen molar-refractivity contribution in [3.63, 3.8) is 0 Å². The van der Waals surface area contributed by atoms with Crippen LogP contribution < -0.4 is 0 Å². The van der Waals surface area contributed by atoms with Crippen molar-refractivity contribution in [1.29, 1.82) is 0 Å². The maximum absolute atomic E-state index is 11.0. The zero-order valence-electron chi connectivity index (χ0n) is 9.21. The average molecular weight is 238 g/mol. The molecule has 3 nitrogen and oxygen atoms in total. The molecule has 86 valence electrons. The first kappa shape index (κ1) is 12.7. The summed E-state index contributed by atoms with van der Waals surface area (Å²) in [5.41, 5.74) is 1.43. The van der Waals surface area contributed by atoms with Crippen LogP contribution in [0.4, 0.5) is 0 Å². The molecule has 0 aliphatic rings. The van der Waals surface area contributed by atoms with Gasteiger partial charge in [0.15, 0.2) is 0 Å². The number of benzene rings is 1. The molecule has 0 aliphatic heterocycles. The molecule has 0 atom stereocenters. The zero-order chi connectivity index (χ0) is 12.2. The Morgan fingerprint density at radius 3 is 2.19 bits per heavy atom. The smallest absolute Gasteiger partial charge is 0.282 e. The van der Waals surface area contributed by atoms with Gasteiger partial charge in [-0.05, 0) is 25.5 Å². The molecule has 0 aliphatic carbocycles. The lowest BCUT2D eigenvalue weighted by Crippen LogP contribution is -2.01. The second kappa shape index (κ2) is 5.09. The topological polar surface area (TPSA) is 54.4 Å². The molecule has 0 radical (unpaired) electrons. The van der Waals surface area contributed by atoms with E-state index in [1.54, 1.807) is 19.9 Å². The summed E-state index contributed by atoms with van der Waals surface area (Å²) in [6.45, 7) is 3.27. The molecule has 0 heterocycles. The molecule has 0 aromatic heterocycles. The monoisotopic (exact) mass is 238 g/mol. The van der Waals surface area contributed by atoms with Crippen molar-refractivity contribution in [2.75, 3.05) is 0 Å². The first-order valence-corrected chi connectivity index (χ1v) is 6.23. The van der Waals surface area contributed by atoms with Crippen LogP contribution in [0.25, 0.3) is 6.08 Å². The zero-order valence-corrected chi connectivity index (χ0v) is 10.0. The fraction of sp³-hybridized carbons (Fsp3) is 0.167. The summed E-state index contributed by atoms with van der Waals surface area (Å²) in [5.74, 6) is 0. The number of hydrogen-bond donors (Lipinski definition) is 1. The third-order valence-electron chi connectivity index (χ3n) is 2.00. The molecule has 4 heteroatoms. The predicted octanol–water partition coefficient (Wildman–Crippen LogP) is 2.88. The molecule has 0 saturated carbocycles. The van der Waals surface area contributed by atoms with Gasteiger partial charge in [0.2, 0.25) is 0 Å². The van der Waals surface area contributed by atoms with Gasteiger partial charge in [-0.1, -0.05) is 42.0 Å². The minimum atomic E-state index is -4.14. The van der Waals surface area contributed by atoms with E-state index in [1.807, 2.05) is 30.3 Å². The molecule has 0 amide bonds. The Bertz CT molecular complexity index is 506. The van der Waals surface area contributed by atoms with Crippen molar-refractivity contribution < 1.29 is 13.0 Å². The first-order chi connectivity index (χ1) is 7.41. The minimum Gasteiger partial charge on any atom is -0.282 e. The SMILES string of the molecule is CC(C)=C(C=Cc1ccccc1)S(=O)(=O)O. The van der Waals surface area contributed by atoms with E-state index >= 15 is 0 Å². The first-order valence-electron chi connectivity index (χ1n) is 4.79. The highest BCUT2D eigenvalue weighted by molar-refractivity contribution is 7.90. The van der Waals surface area contributed by atoms with Crippen molar-refractivity contribution in [3.8, 4) is 0 Å². The largest absolute Gasteiger partial charge is 0.294 e.